The largest absolute Gasteiger partial charge is 0.496 e. The summed E-state index contributed by atoms with van der Waals surface area (Å²) in [5.41, 5.74) is 2.22. The van der Waals surface area contributed by atoms with Gasteiger partial charge in [0.25, 0.3) is 5.91 Å². The fourth-order valence-electron chi connectivity index (χ4n) is 4.05. The van der Waals surface area contributed by atoms with Crippen LogP contribution < -0.4 is 9.47 Å². The van der Waals surface area contributed by atoms with Crippen LogP contribution in [0.25, 0.3) is 11.1 Å². The highest BCUT2D eigenvalue weighted by Gasteiger charge is 2.34. The van der Waals surface area contributed by atoms with Crippen molar-refractivity contribution in [2.45, 2.75) is 25.5 Å². The summed E-state index contributed by atoms with van der Waals surface area (Å²) < 4.78 is 38.2. The Morgan fingerprint density at radius 2 is 1.79 bits per heavy atom. The second-order valence-corrected chi connectivity index (χ2v) is 7.97. The van der Waals surface area contributed by atoms with Gasteiger partial charge in [0.2, 0.25) is 0 Å². The van der Waals surface area contributed by atoms with E-state index in [4.69, 9.17) is 9.47 Å². The van der Waals surface area contributed by atoms with Gasteiger partial charge in [0.1, 0.15) is 24.1 Å². The third kappa shape index (κ3) is 4.85. The number of aliphatic carboxylic acids is 1. The van der Waals surface area contributed by atoms with Crippen molar-refractivity contribution in [2.75, 3.05) is 13.7 Å². The minimum atomic E-state index is -0.991. The molecule has 1 saturated heterocycles. The van der Waals surface area contributed by atoms with Gasteiger partial charge in [0.05, 0.1) is 7.11 Å². The molecule has 3 aromatic rings. The maximum Gasteiger partial charge on any atom is 0.326 e. The third-order valence-electron chi connectivity index (χ3n) is 5.79. The summed E-state index contributed by atoms with van der Waals surface area (Å²) in [7, 11) is 1.39. The summed E-state index contributed by atoms with van der Waals surface area (Å²) in [4.78, 5) is 25.6. The Bertz CT molecular complexity index is 1210. The van der Waals surface area contributed by atoms with Gasteiger partial charge >= 0.3 is 5.97 Å². The molecule has 0 bridgehead atoms. The molecule has 1 atom stereocenters. The first-order chi connectivity index (χ1) is 16.4. The Morgan fingerprint density at radius 3 is 2.50 bits per heavy atom. The number of halogens is 2. The van der Waals surface area contributed by atoms with Gasteiger partial charge in [0, 0.05) is 23.7 Å². The lowest BCUT2D eigenvalue weighted by Gasteiger charge is -2.21. The molecule has 34 heavy (non-hydrogen) atoms. The molecule has 4 rings (SSSR count). The summed E-state index contributed by atoms with van der Waals surface area (Å²) in [6.07, 6.45) is 1.12. The number of amides is 1. The number of rotatable bonds is 7. The molecule has 0 radical (unpaired) electrons. The van der Waals surface area contributed by atoms with Crippen molar-refractivity contribution >= 4 is 11.9 Å². The molecule has 0 aliphatic carbocycles. The molecule has 1 amide bonds. The molecule has 0 saturated carbocycles. The van der Waals surface area contributed by atoms with E-state index >= 15 is 0 Å². The lowest BCUT2D eigenvalue weighted by molar-refractivity contribution is -0.141. The van der Waals surface area contributed by atoms with Crippen LogP contribution in [-0.4, -0.2) is 41.6 Å². The highest BCUT2D eigenvalue weighted by molar-refractivity contribution is 5.97. The maximum absolute atomic E-state index is 13.7. The van der Waals surface area contributed by atoms with Gasteiger partial charge in [0.15, 0.2) is 11.6 Å². The fourth-order valence-corrected chi connectivity index (χ4v) is 4.05. The van der Waals surface area contributed by atoms with Crippen molar-refractivity contribution in [3.63, 3.8) is 0 Å². The number of hydrogen-bond donors (Lipinski definition) is 1. The van der Waals surface area contributed by atoms with E-state index in [-0.39, 0.29) is 18.3 Å². The number of carbonyl (C=O) groups is 2. The summed E-state index contributed by atoms with van der Waals surface area (Å²) in [5.74, 6) is -2.48. The number of carboxylic acid groups (broad SMARTS) is 1. The number of benzene rings is 3. The maximum atomic E-state index is 13.7. The van der Waals surface area contributed by atoms with Crippen molar-refractivity contribution in [1.82, 2.24) is 4.90 Å². The van der Waals surface area contributed by atoms with Crippen LogP contribution in [-0.2, 0) is 11.4 Å². The van der Waals surface area contributed by atoms with Gasteiger partial charge in [-0.25, -0.2) is 13.6 Å². The predicted molar refractivity (Wildman–Crippen MR) is 121 cm³/mol. The van der Waals surface area contributed by atoms with Gasteiger partial charge in [-0.3, -0.25) is 4.79 Å². The van der Waals surface area contributed by atoms with Crippen LogP contribution in [0.4, 0.5) is 8.78 Å². The highest BCUT2D eigenvalue weighted by Crippen LogP contribution is 2.33. The first-order valence-electron chi connectivity index (χ1n) is 10.8. The molecular formula is C26H23F2NO5. The Labute approximate surface area is 195 Å². The summed E-state index contributed by atoms with van der Waals surface area (Å²) in [6.45, 7) is 0.614. The molecule has 0 aromatic heterocycles. The number of carboxylic acids is 1. The number of ether oxygens (including phenoxy) is 2. The van der Waals surface area contributed by atoms with Crippen LogP contribution in [0.2, 0.25) is 0 Å². The highest BCUT2D eigenvalue weighted by atomic mass is 19.2. The van der Waals surface area contributed by atoms with E-state index in [2.05, 4.69) is 0 Å². The van der Waals surface area contributed by atoms with E-state index < -0.39 is 23.6 Å². The molecule has 176 valence electrons. The van der Waals surface area contributed by atoms with E-state index in [1.165, 1.54) is 12.0 Å². The fraction of sp³-hybridized carbons (Fsp3) is 0.231. The molecule has 1 aliphatic heterocycles. The van der Waals surface area contributed by atoms with Crippen LogP contribution in [0.1, 0.15) is 28.8 Å². The van der Waals surface area contributed by atoms with E-state index in [1.54, 1.807) is 42.5 Å². The normalized spacial score (nSPS) is 15.3. The molecule has 3 aromatic carbocycles. The van der Waals surface area contributed by atoms with Gasteiger partial charge in [-0.05, 0) is 54.3 Å². The zero-order chi connectivity index (χ0) is 24.2. The van der Waals surface area contributed by atoms with E-state index in [1.807, 2.05) is 6.07 Å². The van der Waals surface area contributed by atoms with E-state index in [9.17, 15) is 23.5 Å². The van der Waals surface area contributed by atoms with Crippen molar-refractivity contribution in [2.24, 2.45) is 0 Å². The Kier molecular flexibility index (Phi) is 6.77. The van der Waals surface area contributed by atoms with Gasteiger partial charge < -0.3 is 19.5 Å². The molecule has 8 heteroatoms. The second-order valence-electron chi connectivity index (χ2n) is 7.97. The SMILES string of the molecule is COc1cc(F)c(F)cc1-c1ccc(OCc2cccc(C(=O)N3CCC[C@H]3C(=O)O)c2)cc1. The van der Waals surface area contributed by atoms with Crippen LogP contribution in [0, 0.1) is 11.6 Å². The lowest BCUT2D eigenvalue weighted by atomic mass is 10.0. The molecule has 1 aliphatic rings. The van der Waals surface area contributed by atoms with Crippen LogP contribution in [0.3, 0.4) is 0 Å². The number of likely N-dealkylation sites (tertiary alicyclic amines) is 1. The van der Waals surface area contributed by atoms with Crippen LogP contribution >= 0.6 is 0 Å². The Morgan fingerprint density at radius 1 is 1.06 bits per heavy atom. The quantitative estimate of drug-likeness (QED) is 0.535. The van der Waals surface area contributed by atoms with Crippen molar-refractivity contribution < 1.29 is 33.0 Å². The van der Waals surface area contributed by atoms with Crippen molar-refractivity contribution in [3.8, 4) is 22.6 Å². The van der Waals surface area contributed by atoms with Crippen molar-refractivity contribution in [1.29, 1.82) is 0 Å². The smallest absolute Gasteiger partial charge is 0.326 e. The zero-order valence-electron chi connectivity index (χ0n) is 18.5. The monoisotopic (exact) mass is 467 g/mol. The summed E-state index contributed by atoms with van der Waals surface area (Å²) >= 11 is 0. The first-order valence-corrected chi connectivity index (χ1v) is 10.8. The minimum Gasteiger partial charge on any atom is -0.496 e. The molecule has 1 N–H and O–H groups in total. The molecule has 1 heterocycles. The number of methoxy groups -OCH3 is 1. The van der Waals surface area contributed by atoms with Crippen molar-refractivity contribution in [3.05, 3.63) is 83.4 Å². The summed E-state index contributed by atoms with van der Waals surface area (Å²) in [6, 6.07) is 15.0. The van der Waals surface area contributed by atoms with Gasteiger partial charge in [-0.2, -0.15) is 0 Å². The van der Waals surface area contributed by atoms with E-state index in [0.29, 0.717) is 41.8 Å². The Hall–Kier alpha value is -3.94. The van der Waals surface area contributed by atoms with Gasteiger partial charge in [-0.15, -0.1) is 0 Å². The number of carbonyl (C=O) groups excluding carboxylic acids is 1. The predicted octanol–water partition coefficient (Wildman–Crippen LogP) is 4.91. The first kappa shape index (κ1) is 23.2. The van der Waals surface area contributed by atoms with E-state index in [0.717, 1.165) is 17.7 Å². The summed E-state index contributed by atoms with van der Waals surface area (Å²) in [5, 5.41) is 9.34. The second kappa shape index (κ2) is 9.91. The zero-order valence-corrected chi connectivity index (χ0v) is 18.5. The molecular weight excluding hydrogens is 444 g/mol. The number of nitrogens with zero attached hydrogens (tertiary/aromatic N) is 1. The molecule has 6 nitrogen and oxygen atoms in total. The average Bonchev–Trinajstić information content (AvgIpc) is 3.35. The minimum absolute atomic E-state index is 0.192. The third-order valence-corrected chi connectivity index (χ3v) is 5.79. The molecule has 0 spiro atoms. The molecule has 1 fully saturated rings. The topological polar surface area (TPSA) is 76.1 Å². The van der Waals surface area contributed by atoms with Crippen LogP contribution in [0.5, 0.6) is 11.5 Å². The standard InChI is InChI=1S/C26H23F2NO5/c1-33-24-14-22(28)21(27)13-20(24)17-7-9-19(10-8-17)34-15-16-4-2-5-18(12-16)25(30)29-11-3-6-23(29)26(31)32/h2,4-5,7-10,12-14,23H,3,6,11,15H2,1H3,(H,31,32)/t23-/m0/s1. The average molecular weight is 467 g/mol. The van der Waals surface area contributed by atoms with Gasteiger partial charge in [-0.1, -0.05) is 24.3 Å². The lowest BCUT2D eigenvalue weighted by Crippen LogP contribution is -2.40. The number of hydrogen-bond acceptors (Lipinski definition) is 4. The van der Waals surface area contributed by atoms with Crippen LogP contribution in [0.15, 0.2) is 60.7 Å². The molecule has 0 unspecified atom stereocenters. The Balaban J connectivity index is 1.44.